The van der Waals surface area contributed by atoms with E-state index in [-0.39, 0.29) is 12.7 Å². The van der Waals surface area contributed by atoms with Crippen molar-refractivity contribution in [2.24, 2.45) is 5.10 Å². The molecule has 0 fully saturated rings. The number of amides is 1. The second-order valence-corrected chi connectivity index (χ2v) is 4.92. The molecule has 1 amide bonds. The van der Waals surface area contributed by atoms with E-state index < -0.39 is 6.10 Å². The van der Waals surface area contributed by atoms with Crippen LogP contribution >= 0.6 is 0 Å². The molecule has 1 aliphatic heterocycles. The van der Waals surface area contributed by atoms with Crippen molar-refractivity contribution < 1.29 is 19.0 Å². The molecule has 0 saturated heterocycles. The lowest BCUT2D eigenvalue weighted by Crippen LogP contribution is -2.33. The number of carbonyl (C=O) groups excluding carboxylic acids is 1. The molecule has 3 rings (SSSR count). The van der Waals surface area contributed by atoms with Crippen molar-refractivity contribution in [2.75, 3.05) is 6.79 Å². The van der Waals surface area contributed by atoms with Crippen LogP contribution in [0.5, 0.6) is 17.2 Å². The molecule has 1 aliphatic rings. The largest absolute Gasteiger partial charge is 0.481 e. The fourth-order valence-corrected chi connectivity index (χ4v) is 2.01. The Kier molecular flexibility index (Phi) is 4.42. The van der Waals surface area contributed by atoms with Crippen molar-refractivity contribution in [3.8, 4) is 17.2 Å². The summed E-state index contributed by atoms with van der Waals surface area (Å²) in [7, 11) is 0. The van der Waals surface area contributed by atoms with Crippen LogP contribution in [-0.2, 0) is 4.79 Å². The van der Waals surface area contributed by atoms with E-state index in [1.165, 1.54) is 6.21 Å². The topological polar surface area (TPSA) is 69.2 Å². The predicted molar refractivity (Wildman–Crippen MR) is 84.8 cm³/mol. The summed E-state index contributed by atoms with van der Waals surface area (Å²) in [4.78, 5) is 11.9. The van der Waals surface area contributed by atoms with Crippen LogP contribution in [0.1, 0.15) is 12.5 Å². The Hall–Kier alpha value is -3.02. The van der Waals surface area contributed by atoms with Crippen LogP contribution in [0.15, 0.2) is 53.6 Å². The maximum absolute atomic E-state index is 11.9. The first kappa shape index (κ1) is 14.9. The molecule has 118 valence electrons. The van der Waals surface area contributed by atoms with Crippen LogP contribution in [-0.4, -0.2) is 25.0 Å². The van der Waals surface area contributed by atoms with Crippen LogP contribution in [0.4, 0.5) is 0 Å². The van der Waals surface area contributed by atoms with Crippen LogP contribution in [0.25, 0.3) is 0 Å². The molecule has 0 aliphatic carbocycles. The van der Waals surface area contributed by atoms with Gasteiger partial charge in [-0.1, -0.05) is 18.2 Å². The smallest absolute Gasteiger partial charge is 0.280 e. The molecular weight excluding hydrogens is 296 g/mol. The molecule has 1 heterocycles. The van der Waals surface area contributed by atoms with Crippen LogP contribution in [0.3, 0.4) is 0 Å². The summed E-state index contributed by atoms with van der Waals surface area (Å²) < 4.78 is 16.0. The van der Waals surface area contributed by atoms with Crippen LogP contribution in [0.2, 0.25) is 0 Å². The molecule has 1 N–H and O–H groups in total. The lowest BCUT2D eigenvalue weighted by molar-refractivity contribution is -0.127. The first-order valence-electron chi connectivity index (χ1n) is 7.16. The standard InChI is InChI=1S/C17H16N2O4/c1-12(23-14-5-3-2-4-6-14)17(20)19-18-10-13-7-8-15-16(9-13)22-11-21-15/h2-10,12H,11H2,1H3,(H,19,20)/b18-10-. The van der Waals surface area contributed by atoms with E-state index in [0.717, 1.165) is 5.56 Å². The molecule has 0 radical (unpaired) electrons. The third kappa shape index (κ3) is 3.79. The fourth-order valence-electron chi connectivity index (χ4n) is 2.01. The maximum atomic E-state index is 11.9. The highest BCUT2D eigenvalue weighted by Gasteiger charge is 2.14. The number of ether oxygens (including phenoxy) is 3. The third-order valence-corrected chi connectivity index (χ3v) is 3.21. The predicted octanol–water partition coefficient (Wildman–Crippen LogP) is 2.33. The van der Waals surface area contributed by atoms with Crippen molar-refractivity contribution in [1.82, 2.24) is 5.43 Å². The van der Waals surface area contributed by atoms with Gasteiger partial charge in [-0.05, 0) is 42.8 Å². The van der Waals surface area contributed by atoms with Crippen LogP contribution in [0, 0.1) is 0 Å². The number of rotatable bonds is 5. The Bertz CT molecular complexity index is 716. The highest BCUT2D eigenvalue weighted by atomic mass is 16.7. The third-order valence-electron chi connectivity index (χ3n) is 3.21. The van der Waals surface area contributed by atoms with E-state index in [1.54, 1.807) is 31.2 Å². The normalized spacial score (nSPS) is 13.8. The monoisotopic (exact) mass is 312 g/mol. The van der Waals surface area contributed by atoms with Crippen molar-refractivity contribution in [3.63, 3.8) is 0 Å². The van der Waals surface area contributed by atoms with Crippen LogP contribution < -0.4 is 19.6 Å². The number of hydrogen-bond acceptors (Lipinski definition) is 5. The summed E-state index contributed by atoms with van der Waals surface area (Å²) in [6.07, 6.45) is 0.890. The lowest BCUT2D eigenvalue weighted by atomic mass is 10.2. The second kappa shape index (κ2) is 6.83. The number of nitrogens with zero attached hydrogens (tertiary/aromatic N) is 1. The Labute approximate surface area is 133 Å². The van der Waals surface area contributed by atoms with Gasteiger partial charge in [0.25, 0.3) is 5.91 Å². The molecule has 1 unspecified atom stereocenters. The number of nitrogens with one attached hydrogen (secondary N) is 1. The zero-order valence-electron chi connectivity index (χ0n) is 12.6. The van der Waals surface area contributed by atoms with Gasteiger partial charge in [0.1, 0.15) is 5.75 Å². The number of hydrogen-bond donors (Lipinski definition) is 1. The number of hydrazone groups is 1. The van der Waals surface area contributed by atoms with Gasteiger partial charge in [0, 0.05) is 0 Å². The quantitative estimate of drug-likeness (QED) is 0.679. The summed E-state index contributed by atoms with van der Waals surface area (Å²) >= 11 is 0. The average molecular weight is 312 g/mol. The molecule has 0 spiro atoms. The minimum atomic E-state index is -0.647. The van der Waals surface area contributed by atoms with Gasteiger partial charge in [0.2, 0.25) is 6.79 Å². The van der Waals surface area contributed by atoms with Gasteiger partial charge in [-0.3, -0.25) is 4.79 Å². The van der Waals surface area contributed by atoms with Crippen molar-refractivity contribution >= 4 is 12.1 Å². The Morgan fingerprint density at radius 2 is 2.00 bits per heavy atom. The minimum Gasteiger partial charge on any atom is -0.481 e. The minimum absolute atomic E-state index is 0.223. The molecule has 0 aromatic heterocycles. The zero-order valence-corrected chi connectivity index (χ0v) is 12.6. The second-order valence-electron chi connectivity index (χ2n) is 4.92. The van der Waals surface area contributed by atoms with Gasteiger partial charge in [-0.15, -0.1) is 0 Å². The first-order chi connectivity index (χ1) is 11.2. The molecule has 6 heteroatoms. The summed E-state index contributed by atoms with van der Waals surface area (Å²) in [5.74, 6) is 1.68. The average Bonchev–Trinajstić information content (AvgIpc) is 3.03. The summed E-state index contributed by atoms with van der Waals surface area (Å²) in [5, 5.41) is 3.93. The van der Waals surface area contributed by atoms with E-state index in [1.807, 2.05) is 24.3 Å². The molecule has 0 saturated carbocycles. The van der Waals surface area contributed by atoms with E-state index in [0.29, 0.717) is 17.2 Å². The van der Waals surface area contributed by atoms with Gasteiger partial charge in [-0.2, -0.15) is 5.10 Å². The number of fused-ring (bicyclic) bond motifs is 1. The number of para-hydroxylation sites is 1. The number of carbonyl (C=O) groups is 1. The van der Waals surface area contributed by atoms with E-state index >= 15 is 0 Å². The molecule has 2 aromatic rings. The highest BCUT2D eigenvalue weighted by Crippen LogP contribution is 2.31. The Morgan fingerprint density at radius 3 is 2.83 bits per heavy atom. The van der Waals surface area contributed by atoms with Gasteiger partial charge in [0.05, 0.1) is 6.21 Å². The molecule has 2 aromatic carbocycles. The van der Waals surface area contributed by atoms with Gasteiger partial charge >= 0.3 is 0 Å². The van der Waals surface area contributed by atoms with Gasteiger partial charge in [0.15, 0.2) is 17.6 Å². The Balaban J connectivity index is 1.54. The van der Waals surface area contributed by atoms with Crippen molar-refractivity contribution in [1.29, 1.82) is 0 Å². The SMILES string of the molecule is CC(Oc1ccccc1)C(=O)N/N=C\c1ccc2c(c1)OCO2. The molecule has 23 heavy (non-hydrogen) atoms. The van der Waals surface area contributed by atoms with E-state index in [2.05, 4.69) is 10.5 Å². The molecular formula is C17H16N2O4. The molecule has 1 atom stereocenters. The van der Waals surface area contributed by atoms with Gasteiger partial charge < -0.3 is 14.2 Å². The van der Waals surface area contributed by atoms with Crippen molar-refractivity contribution in [2.45, 2.75) is 13.0 Å². The Morgan fingerprint density at radius 1 is 1.22 bits per heavy atom. The van der Waals surface area contributed by atoms with Crippen molar-refractivity contribution in [3.05, 3.63) is 54.1 Å². The lowest BCUT2D eigenvalue weighted by Gasteiger charge is -2.12. The van der Waals surface area contributed by atoms with E-state index in [4.69, 9.17) is 14.2 Å². The van der Waals surface area contributed by atoms with E-state index in [9.17, 15) is 4.79 Å². The highest BCUT2D eigenvalue weighted by molar-refractivity contribution is 5.85. The molecule has 0 bridgehead atoms. The summed E-state index contributed by atoms with van der Waals surface area (Å²) in [6, 6.07) is 14.6. The first-order valence-corrected chi connectivity index (χ1v) is 7.16. The van der Waals surface area contributed by atoms with Gasteiger partial charge in [-0.25, -0.2) is 5.43 Å². The number of benzene rings is 2. The fraction of sp³-hybridized carbons (Fsp3) is 0.176. The molecule has 6 nitrogen and oxygen atoms in total. The summed E-state index contributed by atoms with van der Waals surface area (Å²) in [5.41, 5.74) is 3.25. The maximum Gasteiger partial charge on any atom is 0.280 e. The zero-order chi connectivity index (χ0) is 16.1. The summed E-state index contributed by atoms with van der Waals surface area (Å²) in [6.45, 7) is 1.89.